The number of allylic oxidation sites excluding steroid dienone is 2. The molecule has 19 heavy (non-hydrogen) atoms. The molecule has 0 N–H and O–H groups in total. The standard InChI is InChI=1S/C17H25NO/c1-4-17(2,3)16(19)18-13-9-8-12-15(18)14-10-6-5-7-11-14/h4,8-9,12-15H,1,5-7,10-11H2,2-3H3. The monoisotopic (exact) mass is 259 g/mol. The van der Waals surface area contributed by atoms with Gasteiger partial charge in [-0.2, -0.15) is 0 Å². The van der Waals surface area contributed by atoms with Crippen LogP contribution in [0, 0.1) is 11.3 Å². The lowest BCUT2D eigenvalue weighted by molar-refractivity contribution is -0.137. The first kappa shape index (κ1) is 14.1. The van der Waals surface area contributed by atoms with Crippen molar-refractivity contribution in [3.05, 3.63) is 37.1 Å². The molecule has 1 unspecified atom stereocenters. The van der Waals surface area contributed by atoms with Gasteiger partial charge in [0.1, 0.15) is 0 Å². The fraction of sp³-hybridized carbons (Fsp3) is 0.588. The second kappa shape index (κ2) is 5.77. The van der Waals surface area contributed by atoms with E-state index in [1.807, 2.05) is 31.0 Å². The molecule has 2 nitrogen and oxygen atoms in total. The van der Waals surface area contributed by atoms with Crippen molar-refractivity contribution in [2.24, 2.45) is 11.3 Å². The van der Waals surface area contributed by atoms with Crippen LogP contribution in [0.5, 0.6) is 0 Å². The van der Waals surface area contributed by atoms with Crippen molar-refractivity contribution in [3.63, 3.8) is 0 Å². The van der Waals surface area contributed by atoms with E-state index in [4.69, 9.17) is 0 Å². The minimum absolute atomic E-state index is 0.152. The Morgan fingerprint density at radius 3 is 2.58 bits per heavy atom. The maximum absolute atomic E-state index is 12.7. The van der Waals surface area contributed by atoms with E-state index in [0.29, 0.717) is 5.92 Å². The van der Waals surface area contributed by atoms with Crippen molar-refractivity contribution >= 4 is 5.91 Å². The Hall–Kier alpha value is -1.31. The van der Waals surface area contributed by atoms with E-state index in [2.05, 4.69) is 18.7 Å². The summed E-state index contributed by atoms with van der Waals surface area (Å²) in [6.45, 7) is 7.67. The molecular formula is C17H25NO. The van der Waals surface area contributed by atoms with Gasteiger partial charge in [-0.3, -0.25) is 4.79 Å². The number of rotatable bonds is 3. The highest BCUT2D eigenvalue weighted by atomic mass is 16.2. The number of amides is 1. The molecule has 0 aromatic heterocycles. The number of carbonyl (C=O) groups is 1. The van der Waals surface area contributed by atoms with Crippen LogP contribution in [0.25, 0.3) is 0 Å². The Labute approximate surface area is 116 Å². The van der Waals surface area contributed by atoms with Crippen LogP contribution in [-0.4, -0.2) is 16.8 Å². The predicted octanol–water partition coefficient (Wildman–Crippen LogP) is 4.06. The highest BCUT2D eigenvalue weighted by molar-refractivity contribution is 5.85. The fourth-order valence-electron chi connectivity index (χ4n) is 3.00. The van der Waals surface area contributed by atoms with Crippen molar-refractivity contribution in [1.82, 2.24) is 4.90 Å². The Bertz CT molecular complexity index is 399. The van der Waals surface area contributed by atoms with Gasteiger partial charge in [-0.25, -0.2) is 0 Å². The van der Waals surface area contributed by atoms with E-state index in [9.17, 15) is 4.79 Å². The van der Waals surface area contributed by atoms with Gasteiger partial charge >= 0.3 is 0 Å². The number of hydrogen-bond acceptors (Lipinski definition) is 1. The van der Waals surface area contributed by atoms with Gasteiger partial charge in [0.2, 0.25) is 5.91 Å². The van der Waals surface area contributed by atoms with Crippen molar-refractivity contribution in [2.45, 2.75) is 52.0 Å². The molecular weight excluding hydrogens is 234 g/mol. The molecule has 104 valence electrons. The van der Waals surface area contributed by atoms with Crippen molar-refractivity contribution < 1.29 is 4.79 Å². The maximum Gasteiger partial charge on any atom is 0.236 e. The zero-order chi connectivity index (χ0) is 13.9. The SMILES string of the molecule is C=CC(C)(C)C(=O)N1C=CC=CC1C1CCCCC1. The summed E-state index contributed by atoms with van der Waals surface area (Å²) in [6, 6.07) is 0.233. The molecule has 0 radical (unpaired) electrons. The Balaban J connectivity index is 2.17. The minimum Gasteiger partial charge on any atom is -0.311 e. The summed E-state index contributed by atoms with van der Waals surface area (Å²) in [5, 5.41) is 0. The Morgan fingerprint density at radius 2 is 1.95 bits per heavy atom. The molecule has 1 fully saturated rings. The van der Waals surface area contributed by atoms with Gasteiger partial charge in [0, 0.05) is 6.20 Å². The molecule has 1 heterocycles. The van der Waals surface area contributed by atoms with Crippen LogP contribution >= 0.6 is 0 Å². The number of nitrogens with zero attached hydrogens (tertiary/aromatic N) is 1. The highest BCUT2D eigenvalue weighted by Crippen LogP contribution is 2.33. The average Bonchev–Trinajstić information content (AvgIpc) is 2.47. The lowest BCUT2D eigenvalue weighted by atomic mass is 9.81. The summed E-state index contributed by atoms with van der Waals surface area (Å²) < 4.78 is 0. The van der Waals surface area contributed by atoms with E-state index in [-0.39, 0.29) is 11.9 Å². The van der Waals surface area contributed by atoms with E-state index in [1.165, 1.54) is 32.1 Å². The summed E-state index contributed by atoms with van der Waals surface area (Å²) in [6.07, 6.45) is 16.3. The maximum atomic E-state index is 12.7. The van der Waals surface area contributed by atoms with Crippen LogP contribution in [0.3, 0.4) is 0 Å². The summed E-state index contributed by atoms with van der Waals surface area (Å²) in [7, 11) is 0. The molecule has 0 spiro atoms. The number of hydrogen-bond donors (Lipinski definition) is 0. The minimum atomic E-state index is -0.498. The predicted molar refractivity (Wildman–Crippen MR) is 79.5 cm³/mol. The third-order valence-corrected chi connectivity index (χ3v) is 4.42. The van der Waals surface area contributed by atoms with Crippen LogP contribution in [-0.2, 0) is 4.79 Å². The molecule has 0 saturated heterocycles. The molecule has 2 heteroatoms. The van der Waals surface area contributed by atoms with E-state index >= 15 is 0 Å². The summed E-state index contributed by atoms with van der Waals surface area (Å²) in [4.78, 5) is 14.6. The first-order chi connectivity index (χ1) is 9.06. The molecule has 0 aromatic rings. The Morgan fingerprint density at radius 1 is 1.26 bits per heavy atom. The molecule has 1 aliphatic heterocycles. The molecule has 2 rings (SSSR count). The first-order valence-corrected chi connectivity index (χ1v) is 7.37. The average molecular weight is 259 g/mol. The van der Waals surface area contributed by atoms with Gasteiger partial charge in [0.15, 0.2) is 0 Å². The van der Waals surface area contributed by atoms with Crippen LogP contribution in [0.15, 0.2) is 37.1 Å². The van der Waals surface area contributed by atoms with Crippen molar-refractivity contribution in [2.75, 3.05) is 0 Å². The van der Waals surface area contributed by atoms with Gasteiger partial charge in [0.05, 0.1) is 11.5 Å². The third kappa shape index (κ3) is 2.99. The third-order valence-electron chi connectivity index (χ3n) is 4.42. The van der Waals surface area contributed by atoms with Crippen LogP contribution < -0.4 is 0 Å². The topological polar surface area (TPSA) is 20.3 Å². The molecule has 1 atom stereocenters. The summed E-state index contributed by atoms with van der Waals surface area (Å²) >= 11 is 0. The van der Waals surface area contributed by atoms with Gasteiger partial charge in [-0.15, -0.1) is 6.58 Å². The van der Waals surface area contributed by atoms with E-state index in [1.54, 1.807) is 6.08 Å². The van der Waals surface area contributed by atoms with Gasteiger partial charge in [-0.05, 0) is 38.7 Å². The van der Waals surface area contributed by atoms with Crippen molar-refractivity contribution in [3.8, 4) is 0 Å². The summed E-state index contributed by atoms with van der Waals surface area (Å²) in [5.74, 6) is 0.762. The second-order valence-electron chi connectivity index (χ2n) is 6.25. The fourth-order valence-corrected chi connectivity index (χ4v) is 3.00. The van der Waals surface area contributed by atoms with E-state index in [0.717, 1.165) is 0 Å². The molecule has 1 amide bonds. The van der Waals surface area contributed by atoms with Crippen LogP contribution in [0.1, 0.15) is 46.0 Å². The van der Waals surface area contributed by atoms with Gasteiger partial charge in [-0.1, -0.05) is 37.5 Å². The quantitative estimate of drug-likeness (QED) is 0.700. The molecule has 2 aliphatic rings. The highest BCUT2D eigenvalue weighted by Gasteiger charge is 2.35. The normalized spacial score (nSPS) is 24.5. The lowest BCUT2D eigenvalue weighted by Crippen LogP contribution is -2.46. The zero-order valence-corrected chi connectivity index (χ0v) is 12.1. The summed E-state index contributed by atoms with van der Waals surface area (Å²) in [5.41, 5.74) is -0.498. The smallest absolute Gasteiger partial charge is 0.236 e. The zero-order valence-electron chi connectivity index (χ0n) is 12.1. The van der Waals surface area contributed by atoms with Crippen LogP contribution in [0.2, 0.25) is 0 Å². The second-order valence-corrected chi connectivity index (χ2v) is 6.25. The molecule has 0 aromatic carbocycles. The van der Waals surface area contributed by atoms with E-state index < -0.39 is 5.41 Å². The van der Waals surface area contributed by atoms with Gasteiger partial charge < -0.3 is 4.90 Å². The largest absolute Gasteiger partial charge is 0.311 e. The lowest BCUT2D eigenvalue weighted by Gasteiger charge is -2.39. The molecule has 1 saturated carbocycles. The Kier molecular flexibility index (Phi) is 4.28. The van der Waals surface area contributed by atoms with Crippen LogP contribution in [0.4, 0.5) is 0 Å². The van der Waals surface area contributed by atoms with Crippen molar-refractivity contribution in [1.29, 1.82) is 0 Å². The number of carbonyl (C=O) groups excluding carboxylic acids is 1. The molecule has 0 bridgehead atoms. The molecule has 1 aliphatic carbocycles. The first-order valence-electron chi connectivity index (χ1n) is 7.37. The van der Waals surface area contributed by atoms with Gasteiger partial charge in [0.25, 0.3) is 0 Å².